The van der Waals surface area contributed by atoms with Gasteiger partial charge in [-0.3, -0.25) is 17.0 Å². The van der Waals surface area contributed by atoms with Gasteiger partial charge in [-0.15, -0.1) is 5.92 Å². The summed E-state index contributed by atoms with van der Waals surface area (Å²) in [7, 11) is 1.73. The summed E-state index contributed by atoms with van der Waals surface area (Å²) in [6.45, 7) is 7.46. The van der Waals surface area contributed by atoms with Crippen molar-refractivity contribution in [1.29, 1.82) is 0 Å². The Morgan fingerprint density at radius 1 is 1.64 bits per heavy atom. The third-order valence-electron chi connectivity index (χ3n) is 1.28. The fraction of sp³-hybridized carbons (Fsp3) is 0.667. The zero-order chi connectivity index (χ0) is 8.15. The second kappa shape index (κ2) is 7.13. The molecule has 2 unspecified atom stereocenters. The molecule has 0 aliphatic carbocycles. The van der Waals surface area contributed by atoms with E-state index >= 15 is 0 Å². The molecule has 1 radical (unpaired) electrons. The van der Waals surface area contributed by atoms with E-state index in [0.29, 0.717) is 6.54 Å². The minimum Gasteiger partial charge on any atom is -0.335 e. The van der Waals surface area contributed by atoms with Crippen LogP contribution in [0.15, 0.2) is 0 Å². The summed E-state index contributed by atoms with van der Waals surface area (Å²) in [6.07, 6.45) is 0. The van der Waals surface area contributed by atoms with E-state index in [9.17, 15) is 10.1 Å². The van der Waals surface area contributed by atoms with Crippen molar-refractivity contribution in [2.45, 2.75) is 6.04 Å². The predicted molar refractivity (Wildman–Crippen MR) is 38.9 cm³/mol. The topological polar surface area (TPSA) is 55.2 Å². The largest absolute Gasteiger partial charge is 0.335 e. The summed E-state index contributed by atoms with van der Waals surface area (Å²) in [6, 6.07) is -0.813. The molecule has 0 rings (SSSR count). The number of nitrogens with one attached hydrogen (secondary N) is 1. The van der Waals surface area contributed by atoms with Crippen LogP contribution in [0, 0.1) is 29.9 Å². The second-order valence-corrected chi connectivity index (χ2v) is 2.17. The molecule has 0 saturated carbocycles. The molecule has 4 nitrogen and oxygen atoms in total. The van der Waals surface area contributed by atoms with Gasteiger partial charge in [0, 0.05) is 32.7 Å². The molecule has 0 amide bonds. The maximum Gasteiger partial charge on any atom is 0.0740 e. The Hall–Kier alpha value is 0.464. The van der Waals surface area contributed by atoms with Crippen LogP contribution in [0.3, 0.4) is 0 Å². The van der Waals surface area contributed by atoms with E-state index in [0.717, 1.165) is 0 Å². The molecule has 0 aliphatic heterocycles. The summed E-state index contributed by atoms with van der Waals surface area (Å²) >= 11 is 0. The van der Waals surface area contributed by atoms with Crippen LogP contribution in [0.2, 0.25) is 0 Å². The summed E-state index contributed by atoms with van der Waals surface area (Å²) < 4.78 is 0. The number of nitrogens with zero attached hydrogens (tertiary/aromatic N) is 1. The van der Waals surface area contributed by atoms with E-state index in [1.54, 1.807) is 7.05 Å². The number of rotatable bonds is 4. The van der Waals surface area contributed by atoms with Crippen LogP contribution in [0.1, 0.15) is 0 Å². The van der Waals surface area contributed by atoms with E-state index in [1.807, 2.05) is 0 Å². The average molecular weight is 233 g/mol. The Bertz CT molecular complexity index is 121. The zero-order valence-electron chi connectivity index (χ0n) is 6.62. The number of hydrogen-bond donors (Lipinski definition) is 1. The summed E-state index contributed by atoms with van der Waals surface area (Å²) in [5, 5.41) is 12.9. The molecular formula is C6H12N2O2Y-2. The van der Waals surface area contributed by atoms with Gasteiger partial charge in [0.25, 0.3) is 0 Å². The summed E-state index contributed by atoms with van der Waals surface area (Å²) in [4.78, 5) is 9.67. The fourth-order valence-corrected chi connectivity index (χ4v) is 0.570. The van der Waals surface area contributed by atoms with Gasteiger partial charge in [0.05, 0.1) is 6.04 Å². The molecule has 0 aliphatic rings. The van der Waals surface area contributed by atoms with E-state index in [4.69, 9.17) is 0 Å². The van der Waals surface area contributed by atoms with Gasteiger partial charge in [-0.05, 0) is 18.5 Å². The first-order valence-corrected chi connectivity index (χ1v) is 3.03. The van der Waals surface area contributed by atoms with Gasteiger partial charge in [0.15, 0.2) is 0 Å². The van der Waals surface area contributed by atoms with Crippen LogP contribution < -0.4 is 5.32 Å². The molecule has 0 aromatic heterocycles. The Balaban J connectivity index is 0. The van der Waals surface area contributed by atoms with Crippen LogP contribution in [-0.4, -0.2) is 24.6 Å². The Morgan fingerprint density at radius 3 is 2.36 bits per heavy atom. The maximum absolute atomic E-state index is 10.1. The van der Waals surface area contributed by atoms with E-state index in [-0.39, 0.29) is 38.6 Å². The van der Waals surface area contributed by atoms with Crippen molar-refractivity contribution in [2.24, 2.45) is 5.92 Å². The Morgan fingerprint density at radius 2 is 2.09 bits per heavy atom. The van der Waals surface area contributed by atoms with Crippen LogP contribution in [0.4, 0.5) is 0 Å². The van der Waals surface area contributed by atoms with Crippen LogP contribution in [0.5, 0.6) is 0 Å². The van der Waals surface area contributed by atoms with Gasteiger partial charge >= 0.3 is 0 Å². The first kappa shape index (κ1) is 14.0. The van der Waals surface area contributed by atoms with Crippen molar-refractivity contribution in [1.82, 2.24) is 5.32 Å². The van der Waals surface area contributed by atoms with Gasteiger partial charge in [-0.25, -0.2) is 0 Å². The quantitative estimate of drug-likeness (QED) is 0.426. The van der Waals surface area contributed by atoms with Gasteiger partial charge in [0.1, 0.15) is 0 Å². The van der Waals surface area contributed by atoms with Gasteiger partial charge < -0.3 is 12.2 Å². The third-order valence-corrected chi connectivity index (χ3v) is 1.28. The number of hydrogen-bond acceptors (Lipinski definition) is 3. The van der Waals surface area contributed by atoms with Crippen molar-refractivity contribution < 1.29 is 37.6 Å². The van der Waals surface area contributed by atoms with Crippen molar-refractivity contribution in [3.8, 4) is 0 Å². The van der Waals surface area contributed by atoms with E-state index in [1.165, 1.54) is 0 Å². The molecular weight excluding hydrogens is 221 g/mol. The average Bonchev–Trinajstić information content (AvgIpc) is 1.87. The van der Waals surface area contributed by atoms with Gasteiger partial charge in [0.2, 0.25) is 0 Å². The van der Waals surface area contributed by atoms with Gasteiger partial charge in [-0.1, -0.05) is 0 Å². The maximum atomic E-state index is 10.1. The first-order chi connectivity index (χ1) is 4.59. The van der Waals surface area contributed by atoms with Crippen molar-refractivity contribution in [2.75, 3.05) is 13.6 Å². The molecule has 0 saturated heterocycles. The third kappa shape index (κ3) is 5.70. The molecule has 11 heavy (non-hydrogen) atoms. The summed E-state index contributed by atoms with van der Waals surface area (Å²) in [5.74, 6) is -0.264. The minimum atomic E-state index is -0.813. The number of nitro groups is 1. The molecule has 0 spiro atoms. The molecule has 63 valence electrons. The smallest absolute Gasteiger partial charge is 0.0740 e. The molecule has 0 aromatic rings. The predicted octanol–water partition coefficient (Wildman–Crippen LogP) is 0.133. The monoisotopic (exact) mass is 233 g/mol. The van der Waals surface area contributed by atoms with Crippen LogP contribution in [-0.2, 0) is 32.7 Å². The first-order valence-electron chi connectivity index (χ1n) is 3.03. The SMILES string of the molecule is [CH2-]C(CNC)C([CH2-])[N+](=O)[O-].[Y]. The molecule has 0 aromatic carbocycles. The Labute approximate surface area is 92.2 Å². The van der Waals surface area contributed by atoms with Crippen LogP contribution >= 0.6 is 0 Å². The standard InChI is InChI=1S/C6H12N2O2.Y/c1-5(4-7-3)6(2)8(9)10;/h5-7H,1-2,4H2,3H3;/q-2;. The Kier molecular flexibility index (Phi) is 9.09. The fourth-order valence-electron chi connectivity index (χ4n) is 0.570. The zero-order valence-corrected chi connectivity index (χ0v) is 9.46. The molecule has 1 N–H and O–H groups in total. The molecule has 5 heteroatoms. The molecule has 0 fully saturated rings. The van der Waals surface area contributed by atoms with Crippen LogP contribution in [0.25, 0.3) is 0 Å². The van der Waals surface area contributed by atoms with Gasteiger partial charge in [-0.2, -0.15) is 0 Å². The minimum absolute atomic E-state index is 0. The molecule has 0 heterocycles. The van der Waals surface area contributed by atoms with E-state index in [2.05, 4.69) is 19.2 Å². The molecule has 2 atom stereocenters. The molecule has 0 bridgehead atoms. The second-order valence-electron chi connectivity index (χ2n) is 2.17. The van der Waals surface area contributed by atoms with Crippen molar-refractivity contribution in [3.63, 3.8) is 0 Å². The summed E-state index contributed by atoms with van der Waals surface area (Å²) in [5.41, 5.74) is 0. The van der Waals surface area contributed by atoms with Crippen molar-refractivity contribution in [3.05, 3.63) is 24.0 Å². The van der Waals surface area contributed by atoms with Crippen molar-refractivity contribution >= 4 is 0 Å². The van der Waals surface area contributed by atoms with E-state index < -0.39 is 11.0 Å². The normalized spacial score (nSPS) is 14.8.